The van der Waals surface area contributed by atoms with Crippen LogP contribution in [0.4, 0.5) is 4.79 Å². The number of halogens is 2. The first-order valence-corrected chi connectivity index (χ1v) is 9.08. The van der Waals surface area contributed by atoms with E-state index < -0.39 is 0 Å². The standard InChI is InChI=1S/C17H23Cl2N3O3/c1-10(2)16(23)20-7-8-21-17(24)22-13-4-3-9-25-15-11(13)5-6-12(18)14(15)19/h5-6,10,13H,3-4,7-9H2,1-2H3,(H,20,23)(H2,21,22,24)/t13-/m1/s1. The number of urea groups is 1. The quantitative estimate of drug-likeness (QED) is 0.678. The topological polar surface area (TPSA) is 79.5 Å². The second-order valence-electron chi connectivity index (χ2n) is 6.17. The van der Waals surface area contributed by atoms with Gasteiger partial charge in [0.2, 0.25) is 5.91 Å². The number of ether oxygens (including phenoxy) is 1. The largest absolute Gasteiger partial charge is 0.492 e. The number of amides is 3. The molecule has 3 N–H and O–H groups in total. The minimum absolute atomic E-state index is 0.0384. The van der Waals surface area contributed by atoms with Crippen molar-refractivity contribution < 1.29 is 14.3 Å². The Kier molecular flexibility index (Phi) is 7.20. The van der Waals surface area contributed by atoms with Crippen LogP contribution >= 0.6 is 23.2 Å². The van der Waals surface area contributed by atoms with Crippen molar-refractivity contribution in [3.05, 3.63) is 27.7 Å². The number of nitrogens with one attached hydrogen (secondary N) is 3. The van der Waals surface area contributed by atoms with Crippen LogP contribution in [-0.2, 0) is 4.79 Å². The molecule has 6 nitrogen and oxygen atoms in total. The Morgan fingerprint density at radius 2 is 1.96 bits per heavy atom. The van der Waals surface area contributed by atoms with Crippen LogP contribution in [-0.4, -0.2) is 31.6 Å². The summed E-state index contributed by atoms with van der Waals surface area (Å²) < 4.78 is 5.68. The molecule has 0 unspecified atom stereocenters. The van der Waals surface area contributed by atoms with E-state index in [1.165, 1.54) is 0 Å². The fraction of sp³-hybridized carbons (Fsp3) is 0.529. The van der Waals surface area contributed by atoms with Crippen LogP contribution in [0.15, 0.2) is 12.1 Å². The maximum absolute atomic E-state index is 12.1. The van der Waals surface area contributed by atoms with Gasteiger partial charge in [0, 0.05) is 24.6 Å². The Labute approximate surface area is 157 Å². The zero-order valence-corrected chi connectivity index (χ0v) is 15.8. The predicted octanol–water partition coefficient (Wildman–Crippen LogP) is 3.28. The molecule has 1 atom stereocenters. The number of fused-ring (bicyclic) bond motifs is 1. The van der Waals surface area contributed by atoms with E-state index >= 15 is 0 Å². The smallest absolute Gasteiger partial charge is 0.315 e. The number of carbonyl (C=O) groups is 2. The highest BCUT2D eigenvalue weighted by atomic mass is 35.5. The summed E-state index contributed by atoms with van der Waals surface area (Å²) in [6.07, 6.45) is 1.53. The number of hydrogen-bond acceptors (Lipinski definition) is 3. The lowest BCUT2D eigenvalue weighted by molar-refractivity contribution is -0.123. The summed E-state index contributed by atoms with van der Waals surface area (Å²) in [5.74, 6) is 0.414. The van der Waals surface area contributed by atoms with Gasteiger partial charge in [0.25, 0.3) is 0 Å². The number of hydrogen-bond donors (Lipinski definition) is 3. The molecule has 0 fully saturated rings. The third-order valence-electron chi connectivity index (χ3n) is 3.88. The Morgan fingerprint density at radius 1 is 1.24 bits per heavy atom. The summed E-state index contributed by atoms with van der Waals surface area (Å²) in [6.45, 7) is 4.89. The molecule has 0 bridgehead atoms. The van der Waals surface area contributed by atoms with Gasteiger partial charge < -0.3 is 20.7 Å². The third-order valence-corrected chi connectivity index (χ3v) is 4.67. The summed E-state index contributed by atoms with van der Waals surface area (Å²) in [6, 6.07) is 3.01. The van der Waals surface area contributed by atoms with Crippen LogP contribution in [0.1, 0.15) is 38.3 Å². The Bertz CT molecular complexity index is 638. The predicted molar refractivity (Wildman–Crippen MR) is 98.3 cm³/mol. The SMILES string of the molecule is CC(C)C(=O)NCCNC(=O)N[C@@H]1CCCOc2c1ccc(Cl)c2Cl. The first-order valence-electron chi connectivity index (χ1n) is 8.33. The molecule has 1 aromatic carbocycles. The molecule has 0 spiro atoms. The maximum Gasteiger partial charge on any atom is 0.315 e. The Hall–Kier alpha value is -1.66. The van der Waals surface area contributed by atoms with Crippen molar-refractivity contribution in [3.63, 3.8) is 0 Å². The average molecular weight is 388 g/mol. The van der Waals surface area contributed by atoms with Gasteiger partial charge in [0.05, 0.1) is 17.7 Å². The second-order valence-corrected chi connectivity index (χ2v) is 6.95. The van der Waals surface area contributed by atoms with Crippen LogP contribution in [0.2, 0.25) is 10.0 Å². The highest BCUT2D eigenvalue weighted by Crippen LogP contribution is 2.40. The van der Waals surface area contributed by atoms with Crippen molar-refractivity contribution >= 4 is 35.1 Å². The minimum atomic E-state index is -0.303. The molecule has 0 aliphatic carbocycles. The lowest BCUT2D eigenvalue weighted by Crippen LogP contribution is -2.42. The molecule has 25 heavy (non-hydrogen) atoms. The van der Waals surface area contributed by atoms with E-state index in [-0.39, 0.29) is 23.9 Å². The van der Waals surface area contributed by atoms with Crippen molar-refractivity contribution in [2.24, 2.45) is 5.92 Å². The molecule has 1 aromatic rings. The molecular formula is C17H23Cl2N3O3. The molecule has 138 valence electrons. The van der Waals surface area contributed by atoms with Crippen molar-refractivity contribution in [2.45, 2.75) is 32.7 Å². The highest BCUT2D eigenvalue weighted by molar-refractivity contribution is 6.43. The Morgan fingerprint density at radius 3 is 2.68 bits per heavy atom. The third kappa shape index (κ3) is 5.41. The van der Waals surface area contributed by atoms with Gasteiger partial charge >= 0.3 is 6.03 Å². The summed E-state index contributed by atoms with van der Waals surface area (Å²) in [5.41, 5.74) is 0.815. The van der Waals surface area contributed by atoms with Crippen LogP contribution in [0.3, 0.4) is 0 Å². The monoisotopic (exact) mass is 387 g/mol. The van der Waals surface area contributed by atoms with Gasteiger partial charge in [-0.1, -0.05) is 43.1 Å². The summed E-state index contributed by atoms with van der Waals surface area (Å²) >= 11 is 12.3. The molecule has 1 aliphatic rings. The fourth-order valence-corrected chi connectivity index (χ4v) is 2.89. The van der Waals surface area contributed by atoms with E-state index in [1.807, 2.05) is 19.9 Å². The summed E-state index contributed by atoms with van der Waals surface area (Å²) in [7, 11) is 0. The van der Waals surface area contributed by atoms with E-state index in [2.05, 4.69) is 16.0 Å². The number of benzene rings is 1. The normalized spacial score (nSPS) is 16.4. The van der Waals surface area contributed by atoms with Gasteiger partial charge in [0.1, 0.15) is 10.8 Å². The first kappa shape index (κ1) is 19.7. The van der Waals surface area contributed by atoms with Gasteiger partial charge in [-0.3, -0.25) is 4.79 Å². The molecule has 3 amide bonds. The first-order chi connectivity index (χ1) is 11.9. The average Bonchev–Trinajstić information content (AvgIpc) is 2.77. The highest BCUT2D eigenvalue weighted by Gasteiger charge is 2.24. The Balaban J connectivity index is 1.91. The zero-order valence-electron chi connectivity index (χ0n) is 14.3. The number of rotatable bonds is 5. The van der Waals surface area contributed by atoms with Crippen LogP contribution in [0, 0.1) is 5.92 Å². The molecule has 0 aromatic heterocycles. The van der Waals surface area contributed by atoms with Crippen molar-refractivity contribution in [1.29, 1.82) is 0 Å². The van der Waals surface area contributed by atoms with Crippen molar-refractivity contribution in [1.82, 2.24) is 16.0 Å². The van der Waals surface area contributed by atoms with Crippen LogP contribution in [0.25, 0.3) is 0 Å². The van der Waals surface area contributed by atoms with Crippen molar-refractivity contribution in [2.75, 3.05) is 19.7 Å². The van der Waals surface area contributed by atoms with Crippen LogP contribution in [0.5, 0.6) is 5.75 Å². The zero-order chi connectivity index (χ0) is 18.4. The number of carbonyl (C=O) groups excluding carboxylic acids is 2. The molecular weight excluding hydrogens is 365 g/mol. The summed E-state index contributed by atoms with van der Waals surface area (Å²) in [4.78, 5) is 23.6. The van der Waals surface area contributed by atoms with E-state index in [0.29, 0.717) is 35.5 Å². The van der Waals surface area contributed by atoms with E-state index in [0.717, 1.165) is 18.4 Å². The van der Waals surface area contributed by atoms with E-state index in [1.54, 1.807) is 6.07 Å². The molecule has 1 aliphatic heterocycles. The molecule has 0 saturated carbocycles. The molecule has 8 heteroatoms. The van der Waals surface area contributed by atoms with Gasteiger partial charge in [-0.25, -0.2) is 4.79 Å². The minimum Gasteiger partial charge on any atom is -0.492 e. The van der Waals surface area contributed by atoms with Gasteiger partial charge in [-0.15, -0.1) is 0 Å². The maximum atomic E-state index is 12.1. The lowest BCUT2D eigenvalue weighted by atomic mass is 10.0. The van der Waals surface area contributed by atoms with E-state index in [4.69, 9.17) is 27.9 Å². The summed E-state index contributed by atoms with van der Waals surface area (Å²) in [5, 5.41) is 9.20. The molecule has 2 rings (SSSR count). The molecule has 0 saturated heterocycles. The van der Waals surface area contributed by atoms with Crippen LogP contribution < -0.4 is 20.7 Å². The van der Waals surface area contributed by atoms with E-state index in [9.17, 15) is 9.59 Å². The molecule has 1 heterocycles. The van der Waals surface area contributed by atoms with Gasteiger partial charge in [-0.05, 0) is 18.9 Å². The lowest BCUT2D eigenvalue weighted by Gasteiger charge is -2.20. The second kappa shape index (κ2) is 9.15. The molecule has 0 radical (unpaired) electrons. The fourth-order valence-electron chi connectivity index (χ4n) is 2.51. The van der Waals surface area contributed by atoms with Gasteiger partial charge in [-0.2, -0.15) is 0 Å². The van der Waals surface area contributed by atoms with Crippen molar-refractivity contribution in [3.8, 4) is 5.75 Å². The van der Waals surface area contributed by atoms with Gasteiger partial charge in [0.15, 0.2) is 0 Å².